The van der Waals surface area contributed by atoms with Crippen molar-refractivity contribution in [1.29, 1.82) is 0 Å². The highest BCUT2D eigenvalue weighted by molar-refractivity contribution is 5.89. The van der Waals surface area contributed by atoms with Crippen molar-refractivity contribution < 1.29 is 19.1 Å². The molecule has 13 heavy (non-hydrogen) atoms. The molecule has 67 valence electrons. The monoisotopic (exact) mass is 179 g/mol. The first-order valence-corrected chi connectivity index (χ1v) is 3.55. The summed E-state index contributed by atoms with van der Waals surface area (Å²) in [5.74, 6) is -0.532. The van der Waals surface area contributed by atoms with Crippen LogP contribution in [0.5, 0.6) is 0 Å². The molecule has 0 spiro atoms. The van der Waals surface area contributed by atoms with Crippen LogP contribution in [0, 0.1) is 0 Å². The van der Waals surface area contributed by atoms with Crippen LogP contribution in [0.25, 0.3) is 0 Å². The van der Waals surface area contributed by atoms with E-state index in [9.17, 15) is 9.59 Å². The van der Waals surface area contributed by atoms with Gasteiger partial charge in [0.25, 0.3) is 0 Å². The standard InChI is InChI=1S/C9H7O4/c10-6-12-7-13-9(11)8-4-2-1-3-5-8/h1-5H,7H2. The largest absolute Gasteiger partial charge is 0.424 e. The molecular formula is C9H7O4. The second-order valence-corrected chi connectivity index (χ2v) is 2.14. The van der Waals surface area contributed by atoms with Gasteiger partial charge in [-0.3, -0.25) is 0 Å². The lowest BCUT2D eigenvalue weighted by atomic mass is 10.2. The van der Waals surface area contributed by atoms with E-state index in [2.05, 4.69) is 9.47 Å². The molecule has 0 atom stereocenters. The van der Waals surface area contributed by atoms with Crippen LogP contribution in [0.1, 0.15) is 10.4 Å². The van der Waals surface area contributed by atoms with Crippen LogP contribution in [0.3, 0.4) is 0 Å². The van der Waals surface area contributed by atoms with Crippen LogP contribution in [-0.2, 0) is 14.3 Å². The normalized spacial score (nSPS) is 8.92. The average Bonchev–Trinajstić information content (AvgIpc) is 2.19. The second-order valence-electron chi connectivity index (χ2n) is 2.14. The summed E-state index contributed by atoms with van der Waals surface area (Å²) in [7, 11) is 0. The lowest BCUT2D eigenvalue weighted by Crippen LogP contribution is -2.07. The SMILES string of the molecule is O=[C]OCOC(=O)c1ccccc1. The van der Waals surface area contributed by atoms with E-state index >= 15 is 0 Å². The van der Waals surface area contributed by atoms with E-state index < -0.39 is 12.8 Å². The molecule has 1 rings (SSSR count). The minimum absolute atomic E-state index is 0.406. The fourth-order valence-corrected chi connectivity index (χ4v) is 0.765. The van der Waals surface area contributed by atoms with Crippen LogP contribution in [0.2, 0.25) is 0 Å². The third kappa shape index (κ3) is 2.94. The molecule has 1 aromatic rings. The van der Waals surface area contributed by atoms with Crippen LogP contribution in [0.4, 0.5) is 0 Å². The number of carbonyl (C=O) groups excluding carboxylic acids is 2. The molecule has 0 aliphatic heterocycles. The molecular weight excluding hydrogens is 172 g/mol. The Bertz CT molecular complexity index is 281. The van der Waals surface area contributed by atoms with Gasteiger partial charge in [-0.25, -0.2) is 9.59 Å². The van der Waals surface area contributed by atoms with E-state index in [0.29, 0.717) is 5.56 Å². The number of benzene rings is 1. The maximum Gasteiger partial charge on any atom is 0.420 e. The van der Waals surface area contributed by atoms with E-state index in [-0.39, 0.29) is 0 Å². The molecule has 4 nitrogen and oxygen atoms in total. The smallest absolute Gasteiger partial charge is 0.420 e. The van der Waals surface area contributed by atoms with Crippen LogP contribution in [0.15, 0.2) is 30.3 Å². The maximum atomic E-state index is 11.1. The van der Waals surface area contributed by atoms with Gasteiger partial charge in [-0.05, 0) is 12.1 Å². The Labute approximate surface area is 75.1 Å². The van der Waals surface area contributed by atoms with Crippen molar-refractivity contribution in [2.24, 2.45) is 0 Å². The molecule has 0 amide bonds. The van der Waals surface area contributed by atoms with E-state index in [4.69, 9.17) is 0 Å². The predicted molar refractivity (Wildman–Crippen MR) is 43.5 cm³/mol. The zero-order chi connectivity index (χ0) is 9.52. The fourth-order valence-electron chi connectivity index (χ4n) is 0.765. The Kier molecular flexibility index (Phi) is 3.50. The van der Waals surface area contributed by atoms with Gasteiger partial charge >= 0.3 is 12.4 Å². The summed E-state index contributed by atoms with van der Waals surface area (Å²) in [4.78, 5) is 20.7. The highest BCUT2D eigenvalue weighted by Crippen LogP contribution is 2.00. The number of esters is 1. The quantitative estimate of drug-likeness (QED) is 0.391. The van der Waals surface area contributed by atoms with Gasteiger partial charge in [-0.15, -0.1) is 0 Å². The van der Waals surface area contributed by atoms with E-state index in [1.165, 1.54) is 0 Å². The average molecular weight is 179 g/mol. The molecule has 0 unspecified atom stereocenters. The van der Waals surface area contributed by atoms with E-state index in [1.807, 2.05) is 0 Å². The van der Waals surface area contributed by atoms with Gasteiger partial charge in [-0.1, -0.05) is 18.2 Å². The summed E-state index contributed by atoms with van der Waals surface area (Å²) < 4.78 is 8.62. The predicted octanol–water partition coefficient (Wildman–Crippen LogP) is 0.885. The summed E-state index contributed by atoms with van der Waals surface area (Å²) in [5, 5.41) is 0. The third-order valence-electron chi connectivity index (χ3n) is 1.32. The van der Waals surface area contributed by atoms with Gasteiger partial charge in [0.05, 0.1) is 5.56 Å². The minimum Gasteiger partial charge on any atom is -0.424 e. The van der Waals surface area contributed by atoms with Crippen molar-refractivity contribution in [3.8, 4) is 0 Å². The molecule has 1 aromatic carbocycles. The molecule has 0 saturated carbocycles. The first kappa shape index (κ1) is 9.25. The number of carbonyl (C=O) groups is 1. The summed E-state index contributed by atoms with van der Waals surface area (Å²) in [6.45, 7) is 0.742. The summed E-state index contributed by atoms with van der Waals surface area (Å²) >= 11 is 0. The first-order chi connectivity index (χ1) is 6.34. The molecule has 0 fully saturated rings. The molecule has 4 heteroatoms. The van der Waals surface area contributed by atoms with Crippen LogP contribution >= 0.6 is 0 Å². The number of hydrogen-bond donors (Lipinski definition) is 0. The zero-order valence-electron chi connectivity index (χ0n) is 6.73. The molecule has 0 saturated heterocycles. The Morgan fingerprint density at radius 2 is 2.00 bits per heavy atom. The topological polar surface area (TPSA) is 52.6 Å². The summed E-state index contributed by atoms with van der Waals surface area (Å²) in [6.07, 6.45) is 0. The van der Waals surface area contributed by atoms with Gasteiger partial charge in [0.1, 0.15) is 0 Å². The molecule has 0 N–H and O–H groups in total. The highest BCUT2D eigenvalue weighted by Gasteiger charge is 2.04. The molecule has 1 radical (unpaired) electrons. The van der Waals surface area contributed by atoms with Crippen molar-refractivity contribution in [1.82, 2.24) is 0 Å². The minimum atomic E-state index is -0.532. The lowest BCUT2D eigenvalue weighted by Gasteiger charge is -2.01. The Morgan fingerprint density at radius 3 is 2.62 bits per heavy atom. The van der Waals surface area contributed by atoms with E-state index in [0.717, 1.165) is 6.47 Å². The first-order valence-electron chi connectivity index (χ1n) is 3.55. The van der Waals surface area contributed by atoms with Gasteiger partial charge in [0, 0.05) is 0 Å². The molecule has 0 heterocycles. The Morgan fingerprint density at radius 1 is 1.31 bits per heavy atom. The molecule has 0 aromatic heterocycles. The maximum absolute atomic E-state index is 11.1. The summed E-state index contributed by atoms with van der Waals surface area (Å²) in [5.41, 5.74) is 0.414. The Balaban J connectivity index is 2.45. The molecule has 0 aliphatic rings. The number of ether oxygens (including phenoxy) is 2. The zero-order valence-corrected chi connectivity index (χ0v) is 6.73. The second kappa shape index (κ2) is 4.92. The molecule has 0 bridgehead atoms. The lowest BCUT2D eigenvalue weighted by molar-refractivity contribution is 0.0107. The third-order valence-corrected chi connectivity index (χ3v) is 1.32. The van der Waals surface area contributed by atoms with Crippen molar-refractivity contribution in [2.45, 2.75) is 0 Å². The van der Waals surface area contributed by atoms with Crippen LogP contribution in [-0.4, -0.2) is 19.2 Å². The van der Waals surface area contributed by atoms with Gasteiger partial charge in [-0.2, -0.15) is 0 Å². The highest BCUT2D eigenvalue weighted by atomic mass is 16.7. The van der Waals surface area contributed by atoms with Crippen molar-refractivity contribution in [3.63, 3.8) is 0 Å². The van der Waals surface area contributed by atoms with Crippen molar-refractivity contribution in [2.75, 3.05) is 6.79 Å². The van der Waals surface area contributed by atoms with Gasteiger partial charge in [0.2, 0.25) is 6.79 Å². The summed E-state index contributed by atoms with van der Waals surface area (Å²) in [6, 6.07) is 8.42. The Hall–Kier alpha value is -1.84. The number of hydrogen-bond acceptors (Lipinski definition) is 4. The van der Waals surface area contributed by atoms with Gasteiger partial charge in [0.15, 0.2) is 0 Å². The van der Waals surface area contributed by atoms with Crippen LogP contribution < -0.4 is 0 Å². The number of rotatable bonds is 4. The fraction of sp³-hybridized carbons (Fsp3) is 0.111. The van der Waals surface area contributed by atoms with E-state index in [1.54, 1.807) is 30.3 Å². The van der Waals surface area contributed by atoms with Crippen molar-refractivity contribution >= 4 is 12.4 Å². The molecule has 0 aliphatic carbocycles. The van der Waals surface area contributed by atoms with Crippen molar-refractivity contribution in [3.05, 3.63) is 35.9 Å². The van der Waals surface area contributed by atoms with Gasteiger partial charge < -0.3 is 9.47 Å².